The van der Waals surface area contributed by atoms with Crippen LogP contribution in [0.3, 0.4) is 0 Å². The summed E-state index contributed by atoms with van der Waals surface area (Å²) < 4.78 is 9.89. The van der Waals surface area contributed by atoms with Crippen molar-refractivity contribution < 1.29 is 23.8 Å². The molecule has 0 aromatic carbocycles. The summed E-state index contributed by atoms with van der Waals surface area (Å²) in [5, 5.41) is 9.10. The Bertz CT molecular complexity index is 403. The summed E-state index contributed by atoms with van der Waals surface area (Å²) in [4.78, 5) is 22.9. The zero-order valence-electron chi connectivity index (χ0n) is 9.44. The third kappa shape index (κ3) is 2.70. The van der Waals surface area contributed by atoms with Crippen LogP contribution >= 0.6 is 0 Å². The van der Waals surface area contributed by atoms with Crippen LogP contribution in [0.2, 0.25) is 0 Å². The van der Waals surface area contributed by atoms with Gasteiger partial charge in [0.2, 0.25) is 5.78 Å². The first kappa shape index (κ1) is 12.4. The topological polar surface area (TPSA) is 76.7 Å². The third-order valence-electron chi connectivity index (χ3n) is 2.02. The van der Waals surface area contributed by atoms with E-state index in [0.29, 0.717) is 0 Å². The lowest BCUT2D eigenvalue weighted by atomic mass is 10.1. The normalized spacial score (nSPS) is 12.2. The van der Waals surface area contributed by atoms with Gasteiger partial charge in [0.1, 0.15) is 0 Å². The van der Waals surface area contributed by atoms with Gasteiger partial charge < -0.3 is 14.3 Å². The summed E-state index contributed by atoms with van der Waals surface area (Å²) in [5.41, 5.74) is 0.183. The van der Waals surface area contributed by atoms with Crippen molar-refractivity contribution in [3.05, 3.63) is 17.4 Å². The second kappa shape index (κ2) is 4.94. The Hall–Kier alpha value is -1.62. The van der Waals surface area contributed by atoms with Crippen molar-refractivity contribution in [1.29, 1.82) is 0 Å². The maximum Gasteiger partial charge on any atom is 0.285 e. The van der Waals surface area contributed by atoms with Gasteiger partial charge in [-0.2, -0.15) is 0 Å². The number of Topliss-reactive ketones (excluding diaryl/α,β-unsaturated/α-hetero) is 2. The number of ketones is 2. The molecule has 0 aliphatic heterocycles. The van der Waals surface area contributed by atoms with Gasteiger partial charge >= 0.3 is 0 Å². The highest BCUT2D eigenvalue weighted by atomic mass is 16.6. The Kier molecular flexibility index (Phi) is 3.84. The third-order valence-corrected chi connectivity index (χ3v) is 2.02. The number of carbonyl (C=O) groups is 2. The average Bonchev–Trinajstić information content (AvgIpc) is 2.60. The van der Waals surface area contributed by atoms with Crippen LogP contribution in [0.25, 0.3) is 0 Å². The summed E-state index contributed by atoms with van der Waals surface area (Å²) in [6.07, 6.45) is -0.861. The summed E-state index contributed by atoms with van der Waals surface area (Å²) in [6, 6.07) is 1.37. The molecule has 1 aromatic rings. The Morgan fingerprint density at radius 1 is 1.56 bits per heavy atom. The van der Waals surface area contributed by atoms with Crippen molar-refractivity contribution in [3.63, 3.8) is 0 Å². The summed E-state index contributed by atoms with van der Waals surface area (Å²) in [6.45, 7) is 2.83. The fourth-order valence-corrected chi connectivity index (χ4v) is 1.30. The molecule has 16 heavy (non-hydrogen) atoms. The lowest BCUT2D eigenvalue weighted by Gasteiger charge is -2.01. The number of aliphatic hydroxyl groups is 1. The molecule has 5 nitrogen and oxygen atoms in total. The van der Waals surface area contributed by atoms with Crippen molar-refractivity contribution >= 4 is 11.6 Å². The van der Waals surface area contributed by atoms with Crippen LogP contribution in [-0.2, 0) is 0 Å². The fourth-order valence-electron chi connectivity index (χ4n) is 1.30. The van der Waals surface area contributed by atoms with E-state index >= 15 is 0 Å². The van der Waals surface area contributed by atoms with Crippen LogP contribution in [0.5, 0.6) is 5.95 Å². The molecule has 0 fully saturated rings. The Labute approximate surface area is 93.0 Å². The molecule has 0 saturated carbocycles. The lowest BCUT2D eigenvalue weighted by Crippen LogP contribution is -2.11. The summed E-state index contributed by atoms with van der Waals surface area (Å²) in [7, 11) is 1.38. The van der Waals surface area contributed by atoms with Crippen molar-refractivity contribution in [3.8, 4) is 5.95 Å². The number of hydrogen-bond donors (Lipinski definition) is 1. The Morgan fingerprint density at radius 2 is 2.19 bits per heavy atom. The maximum atomic E-state index is 11.6. The molecule has 5 heteroatoms. The molecule has 0 saturated heterocycles. The number of rotatable bonds is 5. The molecule has 0 aliphatic rings. The highest BCUT2D eigenvalue weighted by Crippen LogP contribution is 2.23. The fraction of sp³-hybridized carbons (Fsp3) is 0.455. The van der Waals surface area contributed by atoms with E-state index in [0.717, 1.165) is 0 Å². The van der Waals surface area contributed by atoms with Gasteiger partial charge in [0.15, 0.2) is 11.5 Å². The van der Waals surface area contributed by atoms with Gasteiger partial charge in [0.05, 0.1) is 18.8 Å². The van der Waals surface area contributed by atoms with E-state index in [4.69, 9.17) is 14.3 Å². The van der Waals surface area contributed by atoms with E-state index in [2.05, 4.69) is 0 Å². The predicted molar refractivity (Wildman–Crippen MR) is 55.9 cm³/mol. The first-order valence-electron chi connectivity index (χ1n) is 4.85. The standard InChI is InChI=1S/C11H14O5/c1-6(12)4-9(14)11-8(7(2)13)5-10(15-3)16-11/h5-6,12H,4H2,1-3H3. The molecule has 1 atom stereocenters. The number of methoxy groups -OCH3 is 1. The molecular weight excluding hydrogens is 212 g/mol. The van der Waals surface area contributed by atoms with Crippen LogP contribution in [-0.4, -0.2) is 29.9 Å². The lowest BCUT2D eigenvalue weighted by molar-refractivity contribution is 0.0858. The van der Waals surface area contributed by atoms with Gasteiger partial charge in [0.25, 0.3) is 5.95 Å². The minimum Gasteiger partial charge on any atom is -0.468 e. The first-order valence-corrected chi connectivity index (χ1v) is 4.85. The van der Waals surface area contributed by atoms with Crippen molar-refractivity contribution in [2.24, 2.45) is 0 Å². The number of furan rings is 1. The van der Waals surface area contributed by atoms with Gasteiger partial charge in [-0.1, -0.05) is 0 Å². The van der Waals surface area contributed by atoms with Gasteiger partial charge in [0, 0.05) is 12.5 Å². The molecular formula is C11H14O5. The zero-order chi connectivity index (χ0) is 12.3. The number of hydrogen-bond acceptors (Lipinski definition) is 5. The monoisotopic (exact) mass is 226 g/mol. The van der Waals surface area contributed by atoms with E-state index in [9.17, 15) is 9.59 Å². The van der Waals surface area contributed by atoms with Crippen molar-refractivity contribution in [1.82, 2.24) is 0 Å². The number of ether oxygens (including phenoxy) is 1. The van der Waals surface area contributed by atoms with Gasteiger partial charge in [-0.05, 0) is 13.8 Å². The molecule has 0 amide bonds. The second-order valence-electron chi connectivity index (χ2n) is 3.54. The largest absolute Gasteiger partial charge is 0.468 e. The van der Waals surface area contributed by atoms with Crippen molar-refractivity contribution in [2.45, 2.75) is 26.4 Å². The quantitative estimate of drug-likeness (QED) is 0.769. The van der Waals surface area contributed by atoms with E-state index < -0.39 is 11.9 Å². The molecule has 1 rings (SSSR count). The van der Waals surface area contributed by atoms with E-state index in [1.807, 2.05) is 0 Å². The smallest absolute Gasteiger partial charge is 0.285 e. The first-order chi connectivity index (χ1) is 7.45. The van der Waals surface area contributed by atoms with Gasteiger partial charge in [-0.3, -0.25) is 9.59 Å². The molecule has 0 spiro atoms. The average molecular weight is 226 g/mol. The van der Waals surface area contributed by atoms with Crippen LogP contribution in [0, 0.1) is 0 Å². The zero-order valence-corrected chi connectivity index (χ0v) is 9.44. The summed E-state index contributed by atoms with van der Waals surface area (Å²) >= 11 is 0. The van der Waals surface area contributed by atoms with Crippen LogP contribution < -0.4 is 4.74 Å². The van der Waals surface area contributed by atoms with E-state index in [1.165, 1.54) is 27.0 Å². The van der Waals surface area contributed by atoms with Crippen LogP contribution in [0.4, 0.5) is 0 Å². The molecule has 1 unspecified atom stereocenters. The molecule has 0 aliphatic carbocycles. The Morgan fingerprint density at radius 3 is 2.62 bits per heavy atom. The minimum atomic E-state index is -0.775. The maximum absolute atomic E-state index is 11.6. The second-order valence-corrected chi connectivity index (χ2v) is 3.54. The molecule has 1 N–H and O–H groups in total. The minimum absolute atomic E-state index is 0.0507. The van der Waals surface area contributed by atoms with Gasteiger partial charge in [-0.15, -0.1) is 0 Å². The number of carbonyl (C=O) groups excluding carboxylic acids is 2. The molecule has 1 aromatic heterocycles. The predicted octanol–water partition coefficient (Wildman–Crippen LogP) is 1.44. The van der Waals surface area contributed by atoms with E-state index in [-0.39, 0.29) is 29.5 Å². The van der Waals surface area contributed by atoms with Crippen molar-refractivity contribution in [2.75, 3.05) is 7.11 Å². The summed E-state index contributed by atoms with van der Waals surface area (Å²) in [5.74, 6) is -0.631. The van der Waals surface area contributed by atoms with Gasteiger partial charge in [-0.25, -0.2) is 0 Å². The highest BCUT2D eigenvalue weighted by Gasteiger charge is 2.22. The number of aliphatic hydroxyl groups excluding tert-OH is 1. The molecule has 1 heterocycles. The molecule has 0 radical (unpaired) electrons. The van der Waals surface area contributed by atoms with Crippen LogP contribution in [0.15, 0.2) is 10.5 Å². The SMILES string of the molecule is COc1cc(C(C)=O)c(C(=O)CC(C)O)o1. The molecule has 0 bridgehead atoms. The van der Waals surface area contributed by atoms with Crippen LogP contribution in [0.1, 0.15) is 41.2 Å². The van der Waals surface area contributed by atoms with E-state index in [1.54, 1.807) is 0 Å². The molecule has 88 valence electrons. The highest BCUT2D eigenvalue weighted by molar-refractivity contribution is 6.06. The Balaban J connectivity index is 3.06.